The first kappa shape index (κ1) is 33.9. The van der Waals surface area contributed by atoms with Gasteiger partial charge in [-0.2, -0.15) is 0 Å². The lowest BCUT2D eigenvalue weighted by Crippen LogP contribution is -2.41. The van der Waals surface area contributed by atoms with E-state index in [1.165, 1.54) is 62.8 Å². The Hall–Kier alpha value is -4.50. The van der Waals surface area contributed by atoms with Crippen molar-refractivity contribution in [3.63, 3.8) is 0 Å². The largest absolute Gasteiger partial charge is 0.331 e. The van der Waals surface area contributed by atoms with Crippen LogP contribution in [0.2, 0.25) is 0 Å². The predicted octanol–water partition coefficient (Wildman–Crippen LogP) is 2.40. The average Bonchev–Trinajstić information content (AvgIpc) is 3.97. The summed E-state index contributed by atoms with van der Waals surface area (Å²) in [6.45, 7) is 5.31. The van der Waals surface area contributed by atoms with E-state index in [4.69, 9.17) is 0 Å². The normalized spacial score (nSPS) is 16.6. The van der Waals surface area contributed by atoms with Crippen LogP contribution < -0.4 is 33.6 Å². The molecule has 6 rings (SSSR count). The maximum absolute atomic E-state index is 13.5. The molecule has 0 saturated heterocycles. The zero-order chi connectivity index (χ0) is 34.4. The molecular weight excluding hydrogens is 618 g/mol. The summed E-state index contributed by atoms with van der Waals surface area (Å²) in [5, 5.41) is 0. The van der Waals surface area contributed by atoms with Crippen molar-refractivity contribution in [2.24, 2.45) is 25.4 Å². The van der Waals surface area contributed by atoms with E-state index < -0.39 is 46.0 Å². The van der Waals surface area contributed by atoms with Crippen LogP contribution in [0.4, 0.5) is 8.78 Å². The number of aryl methyl sites for hydroxylation is 2. The van der Waals surface area contributed by atoms with Crippen LogP contribution in [0, 0.1) is 11.3 Å². The number of hydrogen-bond donors (Lipinski definition) is 2. The van der Waals surface area contributed by atoms with Gasteiger partial charge >= 0.3 is 11.4 Å². The summed E-state index contributed by atoms with van der Waals surface area (Å²) in [5.41, 5.74) is -3.94. The van der Waals surface area contributed by atoms with Crippen LogP contribution in [0.15, 0.2) is 28.8 Å². The molecule has 254 valence electrons. The third-order valence-electron chi connectivity index (χ3n) is 9.13. The molecule has 2 aliphatic rings. The van der Waals surface area contributed by atoms with Crippen LogP contribution in [0.3, 0.4) is 0 Å². The first-order valence-electron chi connectivity index (χ1n) is 15.9. The summed E-state index contributed by atoms with van der Waals surface area (Å²) in [7, 11) is 2.67. The van der Waals surface area contributed by atoms with E-state index in [1.54, 1.807) is 0 Å². The zero-order valence-corrected chi connectivity index (χ0v) is 27.2. The fourth-order valence-electron chi connectivity index (χ4n) is 5.68. The third-order valence-corrected chi connectivity index (χ3v) is 9.13. The Morgan fingerprint density at radius 1 is 0.766 bits per heavy atom. The SMILES string of the molecule is CC(F)c1nc2c(=O)n(C)c(=O)n(CCCC3(C)CC3)c2c(=O)[nH]1.CC(F)c1nc2c(=O)n(C)c(=O)n(CCCC3CC3)c2c(=O)[nH]1. The average molecular weight is 659 g/mol. The van der Waals surface area contributed by atoms with Gasteiger partial charge in [0.1, 0.15) is 22.7 Å². The van der Waals surface area contributed by atoms with Gasteiger partial charge in [-0.3, -0.25) is 37.4 Å². The number of aromatic amines is 2. The van der Waals surface area contributed by atoms with Gasteiger partial charge in [0.25, 0.3) is 22.2 Å². The van der Waals surface area contributed by atoms with Crippen molar-refractivity contribution in [2.45, 2.75) is 97.6 Å². The molecule has 0 aromatic carbocycles. The quantitative estimate of drug-likeness (QED) is 0.261. The van der Waals surface area contributed by atoms with Gasteiger partial charge in [-0.1, -0.05) is 19.8 Å². The molecular formula is C31H40F2N8O6. The Kier molecular flexibility index (Phi) is 9.33. The van der Waals surface area contributed by atoms with Crippen molar-refractivity contribution in [3.8, 4) is 0 Å². The molecule has 0 amide bonds. The maximum Gasteiger partial charge on any atom is 0.331 e. The molecule has 0 spiro atoms. The van der Waals surface area contributed by atoms with Crippen molar-refractivity contribution in [1.82, 2.24) is 38.2 Å². The third kappa shape index (κ3) is 6.95. The number of nitrogens with one attached hydrogen (secondary N) is 2. The van der Waals surface area contributed by atoms with Crippen LogP contribution in [-0.4, -0.2) is 38.2 Å². The van der Waals surface area contributed by atoms with Gasteiger partial charge in [0.05, 0.1) is 0 Å². The van der Waals surface area contributed by atoms with Crippen molar-refractivity contribution in [2.75, 3.05) is 0 Å². The standard InChI is InChI=1S/C16H21FN4O3.C15H19FN4O3/c1-9(17)12-18-10-11(13(22)19-12)21(15(24)20(3)14(10)23)8-4-5-16(2)6-7-16;1-8(16)12-17-10-11(13(21)18-12)20(7-3-4-9-5-6-9)15(23)19(2)14(10)22/h9H,4-8H2,1-3H3,(H,18,19,22);8-9H,3-7H2,1-2H3,(H,17,18,21). The lowest BCUT2D eigenvalue weighted by molar-refractivity contribution is 0.356. The Morgan fingerprint density at radius 2 is 1.19 bits per heavy atom. The Balaban J connectivity index is 0.000000185. The smallest absolute Gasteiger partial charge is 0.306 e. The van der Waals surface area contributed by atoms with Gasteiger partial charge in [-0.05, 0) is 63.7 Å². The topological polar surface area (TPSA) is 180 Å². The molecule has 2 fully saturated rings. The molecule has 2 saturated carbocycles. The highest BCUT2D eigenvalue weighted by Crippen LogP contribution is 2.48. The van der Waals surface area contributed by atoms with Crippen molar-refractivity contribution >= 4 is 22.1 Å². The van der Waals surface area contributed by atoms with E-state index in [-0.39, 0.29) is 33.7 Å². The minimum absolute atomic E-state index is 0.0710. The summed E-state index contributed by atoms with van der Waals surface area (Å²) in [5.74, 6) is 0.294. The lowest BCUT2D eigenvalue weighted by atomic mass is 10.0. The molecule has 4 heterocycles. The molecule has 4 aromatic heterocycles. The monoisotopic (exact) mass is 658 g/mol. The van der Waals surface area contributed by atoms with E-state index >= 15 is 0 Å². The number of halogens is 2. The number of aromatic nitrogens is 8. The number of fused-ring (bicyclic) bond motifs is 2. The number of nitrogens with zero attached hydrogens (tertiary/aromatic N) is 6. The van der Waals surface area contributed by atoms with Crippen LogP contribution >= 0.6 is 0 Å². The fourth-order valence-corrected chi connectivity index (χ4v) is 5.68. The first-order valence-corrected chi connectivity index (χ1v) is 15.9. The molecule has 2 aliphatic carbocycles. The number of hydrogen-bond acceptors (Lipinski definition) is 8. The van der Waals surface area contributed by atoms with Crippen molar-refractivity contribution in [1.29, 1.82) is 0 Å². The molecule has 0 radical (unpaired) electrons. The number of alkyl halides is 2. The molecule has 14 nitrogen and oxygen atoms in total. The highest BCUT2D eigenvalue weighted by molar-refractivity contribution is 5.73. The van der Waals surface area contributed by atoms with Gasteiger partial charge in [-0.25, -0.2) is 28.3 Å². The van der Waals surface area contributed by atoms with Crippen LogP contribution in [0.25, 0.3) is 22.1 Å². The predicted molar refractivity (Wildman–Crippen MR) is 171 cm³/mol. The Bertz CT molecular complexity index is 2200. The Morgan fingerprint density at radius 3 is 1.57 bits per heavy atom. The summed E-state index contributed by atoms with van der Waals surface area (Å²) >= 11 is 0. The summed E-state index contributed by atoms with van der Waals surface area (Å²) in [6, 6.07) is 0. The molecule has 47 heavy (non-hydrogen) atoms. The van der Waals surface area contributed by atoms with E-state index in [2.05, 4.69) is 26.9 Å². The van der Waals surface area contributed by atoms with Crippen LogP contribution in [-0.2, 0) is 27.2 Å². The van der Waals surface area contributed by atoms with E-state index in [0.717, 1.165) is 34.8 Å². The summed E-state index contributed by atoms with van der Waals surface area (Å²) < 4.78 is 31.3. The number of H-pyrrole nitrogens is 2. The van der Waals surface area contributed by atoms with Gasteiger partial charge in [-0.15, -0.1) is 0 Å². The highest BCUT2D eigenvalue weighted by atomic mass is 19.1. The van der Waals surface area contributed by atoms with Gasteiger partial charge in [0, 0.05) is 27.2 Å². The second kappa shape index (κ2) is 13.0. The van der Waals surface area contributed by atoms with Crippen LogP contribution in [0.1, 0.15) is 96.1 Å². The first-order chi connectivity index (χ1) is 22.1. The minimum Gasteiger partial charge on any atom is -0.306 e. The molecule has 16 heteroatoms. The minimum atomic E-state index is -1.51. The van der Waals surface area contributed by atoms with Gasteiger partial charge in [0.2, 0.25) is 0 Å². The van der Waals surface area contributed by atoms with E-state index in [9.17, 15) is 37.5 Å². The molecule has 0 aliphatic heterocycles. The molecule has 0 bridgehead atoms. The fraction of sp³-hybridized carbons (Fsp3) is 0.613. The lowest BCUT2D eigenvalue weighted by Gasteiger charge is -2.13. The van der Waals surface area contributed by atoms with Crippen molar-refractivity contribution < 1.29 is 8.78 Å². The summed E-state index contributed by atoms with van der Waals surface area (Å²) in [6.07, 6.45) is 5.17. The van der Waals surface area contributed by atoms with Gasteiger partial charge < -0.3 is 9.97 Å². The summed E-state index contributed by atoms with van der Waals surface area (Å²) in [4.78, 5) is 86.4. The number of rotatable bonds is 10. The Labute approximate surface area is 266 Å². The van der Waals surface area contributed by atoms with Crippen molar-refractivity contribution in [3.05, 3.63) is 74.0 Å². The van der Waals surface area contributed by atoms with E-state index in [0.29, 0.717) is 24.4 Å². The molecule has 2 N–H and O–H groups in total. The second-order valence-electron chi connectivity index (χ2n) is 13.1. The zero-order valence-electron chi connectivity index (χ0n) is 27.2. The van der Waals surface area contributed by atoms with Gasteiger partial charge in [0.15, 0.2) is 23.4 Å². The van der Waals surface area contributed by atoms with Crippen LogP contribution in [0.5, 0.6) is 0 Å². The molecule has 2 unspecified atom stereocenters. The van der Waals surface area contributed by atoms with E-state index in [1.807, 2.05) is 0 Å². The molecule has 2 atom stereocenters. The maximum atomic E-state index is 13.5. The second-order valence-corrected chi connectivity index (χ2v) is 13.1. The molecule has 4 aromatic rings. The highest BCUT2D eigenvalue weighted by Gasteiger charge is 2.36.